The first-order valence-electron chi connectivity index (χ1n) is 6.19. The van der Waals surface area contributed by atoms with Gasteiger partial charge in [0.05, 0.1) is 0 Å². The molecule has 1 heterocycles. The van der Waals surface area contributed by atoms with Crippen molar-refractivity contribution in [2.75, 3.05) is 0 Å². The first-order chi connectivity index (χ1) is 9.71. The number of aliphatic hydroxyl groups is 1. The van der Waals surface area contributed by atoms with Gasteiger partial charge in [-0.1, -0.05) is 35.9 Å². The van der Waals surface area contributed by atoms with E-state index in [0.29, 0.717) is 5.56 Å². The summed E-state index contributed by atoms with van der Waals surface area (Å²) in [5.41, 5.74) is 1.37. The van der Waals surface area contributed by atoms with Gasteiger partial charge in [0.25, 0.3) is 0 Å². The Kier molecular flexibility index (Phi) is 4.25. The van der Waals surface area contributed by atoms with Crippen LogP contribution in [0.5, 0.6) is 0 Å². The summed E-state index contributed by atoms with van der Waals surface area (Å²) in [6.45, 7) is 3.63. The second kappa shape index (κ2) is 5.66. The van der Waals surface area contributed by atoms with Crippen LogP contribution < -0.4 is 0 Å². The van der Waals surface area contributed by atoms with Crippen LogP contribution in [0.4, 0.5) is 13.2 Å². The molecular formula is C15H13ClF3NO. The van der Waals surface area contributed by atoms with Gasteiger partial charge in [-0.25, -0.2) is 4.98 Å². The predicted octanol–water partition coefficient (Wildman–Crippen LogP) is 4.45. The van der Waals surface area contributed by atoms with E-state index in [1.54, 1.807) is 0 Å². The van der Waals surface area contributed by atoms with Crippen LogP contribution in [-0.4, -0.2) is 10.1 Å². The highest BCUT2D eigenvalue weighted by atomic mass is 35.5. The van der Waals surface area contributed by atoms with Gasteiger partial charge in [-0.15, -0.1) is 0 Å². The molecule has 21 heavy (non-hydrogen) atoms. The molecule has 1 aromatic carbocycles. The van der Waals surface area contributed by atoms with Crippen LogP contribution in [0.2, 0.25) is 5.15 Å². The van der Waals surface area contributed by atoms with Crippen molar-refractivity contribution in [3.63, 3.8) is 0 Å². The molecule has 1 unspecified atom stereocenters. The standard InChI is InChI=1S/C15H13ClF3NO/c1-8-4-3-5-9(2)12(8)13(21)10-6-7-11(15(17,18)19)20-14(10)16/h3-7,13,21H,1-2H3. The molecule has 0 radical (unpaired) electrons. The zero-order valence-electron chi connectivity index (χ0n) is 11.4. The molecule has 1 N–H and O–H groups in total. The van der Waals surface area contributed by atoms with Crippen molar-refractivity contribution in [1.29, 1.82) is 0 Å². The zero-order chi connectivity index (χ0) is 15.8. The number of aliphatic hydroxyl groups excluding tert-OH is 1. The molecule has 0 aliphatic heterocycles. The Morgan fingerprint density at radius 3 is 2.14 bits per heavy atom. The largest absolute Gasteiger partial charge is 0.433 e. The number of hydrogen-bond donors (Lipinski definition) is 1. The van der Waals surface area contributed by atoms with E-state index in [9.17, 15) is 18.3 Å². The van der Waals surface area contributed by atoms with E-state index in [-0.39, 0.29) is 10.7 Å². The molecule has 2 nitrogen and oxygen atoms in total. The lowest BCUT2D eigenvalue weighted by atomic mass is 9.94. The van der Waals surface area contributed by atoms with E-state index < -0.39 is 18.0 Å². The topological polar surface area (TPSA) is 33.1 Å². The zero-order valence-corrected chi connectivity index (χ0v) is 12.1. The SMILES string of the molecule is Cc1cccc(C)c1C(O)c1ccc(C(F)(F)F)nc1Cl. The molecule has 0 amide bonds. The molecule has 0 fully saturated rings. The van der Waals surface area contributed by atoms with E-state index >= 15 is 0 Å². The third-order valence-electron chi connectivity index (χ3n) is 3.28. The first-order valence-corrected chi connectivity index (χ1v) is 6.57. The number of pyridine rings is 1. The third-order valence-corrected chi connectivity index (χ3v) is 3.58. The number of hydrogen-bond acceptors (Lipinski definition) is 2. The summed E-state index contributed by atoms with van der Waals surface area (Å²) in [7, 11) is 0. The predicted molar refractivity (Wildman–Crippen MR) is 74.2 cm³/mol. The smallest absolute Gasteiger partial charge is 0.384 e. The number of aryl methyl sites for hydroxylation is 2. The quantitative estimate of drug-likeness (QED) is 0.830. The minimum atomic E-state index is -4.56. The molecule has 2 rings (SSSR count). The van der Waals surface area contributed by atoms with Gasteiger partial charge in [-0.2, -0.15) is 13.2 Å². The summed E-state index contributed by atoms with van der Waals surface area (Å²) < 4.78 is 37.7. The highest BCUT2D eigenvalue weighted by molar-refractivity contribution is 6.30. The Hall–Kier alpha value is -1.59. The van der Waals surface area contributed by atoms with E-state index in [4.69, 9.17) is 11.6 Å². The van der Waals surface area contributed by atoms with E-state index in [2.05, 4.69) is 4.98 Å². The highest BCUT2D eigenvalue weighted by Gasteiger charge is 2.33. The average molecular weight is 316 g/mol. The summed E-state index contributed by atoms with van der Waals surface area (Å²) in [6, 6.07) is 7.45. The molecule has 0 aliphatic rings. The fourth-order valence-electron chi connectivity index (χ4n) is 2.22. The van der Waals surface area contributed by atoms with Gasteiger partial charge in [0.15, 0.2) is 0 Å². The van der Waals surface area contributed by atoms with Crippen LogP contribution >= 0.6 is 11.6 Å². The maximum Gasteiger partial charge on any atom is 0.433 e. The maximum atomic E-state index is 12.6. The van der Waals surface area contributed by atoms with Crippen LogP contribution in [0.1, 0.15) is 34.1 Å². The number of alkyl halides is 3. The number of halogens is 4. The van der Waals surface area contributed by atoms with Crippen molar-refractivity contribution < 1.29 is 18.3 Å². The second-order valence-corrected chi connectivity index (χ2v) is 5.14. The van der Waals surface area contributed by atoms with Crippen molar-refractivity contribution >= 4 is 11.6 Å². The van der Waals surface area contributed by atoms with Gasteiger partial charge < -0.3 is 5.11 Å². The van der Waals surface area contributed by atoms with Crippen LogP contribution in [0.15, 0.2) is 30.3 Å². The molecule has 0 saturated carbocycles. The first kappa shape index (κ1) is 15.8. The van der Waals surface area contributed by atoms with Crippen molar-refractivity contribution in [3.8, 4) is 0 Å². The van der Waals surface area contributed by atoms with Crippen LogP contribution in [0.3, 0.4) is 0 Å². The fraction of sp³-hybridized carbons (Fsp3) is 0.267. The number of rotatable bonds is 2. The van der Waals surface area contributed by atoms with Crippen LogP contribution in [0, 0.1) is 13.8 Å². The molecule has 0 spiro atoms. The molecule has 1 atom stereocenters. The van der Waals surface area contributed by atoms with Gasteiger partial charge in [-0.05, 0) is 36.6 Å². The molecule has 0 aliphatic carbocycles. The lowest BCUT2D eigenvalue weighted by Gasteiger charge is -2.18. The third kappa shape index (κ3) is 3.19. The van der Waals surface area contributed by atoms with Crippen LogP contribution in [0.25, 0.3) is 0 Å². The van der Waals surface area contributed by atoms with Crippen molar-refractivity contribution in [2.45, 2.75) is 26.1 Å². The highest BCUT2D eigenvalue weighted by Crippen LogP contribution is 2.34. The average Bonchev–Trinajstić information content (AvgIpc) is 2.37. The Balaban J connectivity index is 2.47. The van der Waals surface area contributed by atoms with Crippen LogP contribution in [-0.2, 0) is 6.18 Å². The minimum Gasteiger partial charge on any atom is -0.384 e. The minimum absolute atomic E-state index is 0.155. The molecule has 2 aromatic rings. The van der Waals surface area contributed by atoms with Crippen molar-refractivity contribution in [2.24, 2.45) is 0 Å². The molecule has 112 valence electrons. The maximum absolute atomic E-state index is 12.6. The Bertz CT molecular complexity index is 650. The summed E-state index contributed by atoms with van der Waals surface area (Å²) >= 11 is 5.81. The van der Waals surface area contributed by atoms with E-state index in [1.165, 1.54) is 0 Å². The summed E-state index contributed by atoms with van der Waals surface area (Å²) in [4.78, 5) is 3.33. The lowest BCUT2D eigenvalue weighted by molar-refractivity contribution is -0.141. The van der Waals surface area contributed by atoms with Gasteiger partial charge >= 0.3 is 6.18 Å². The van der Waals surface area contributed by atoms with Crippen molar-refractivity contribution in [3.05, 3.63) is 63.4 Å². The summed E-state index contributed by atoms with van der Waals surface area (Å²) in [6.07, 6.45) is -5.68. The van der Waals surface area contributed by atoms with Crippen molar-refractivity contribution in [1.82, 2.24) is 4.98 Å². The molecule has 0 saturated heterocycles. The Morgan fingerprint density at radius 2 is 1.67 bits per heavy atom. The molecule has 0 bridgehead atoms. The second-order valence-electron chi connectivity index (χ2n) is 4.78. The number of nitrogens with zero attached hydrogens (tertiary/aromatic N) is 1. The lowest BCUT2D eigenvalue weighted by Crippen LogP contribution is -2.11. The van der Waals surface area contributed by atoms with E-state index in [0.717, 1.165) is 23.3 Å². The monoisotopic (exact) mass is 315 g/mol. The van der Waals surface area contributed by atoms with Gasteiger partial charge in [-0.3, -0.25) is 0 Å². The molecule has 1 aromatic heterocycles. The summed E-state index contributed by atoms with van der Waals surface area (Å²) in [5.74, 6) is 0. The number of benzene rings is 1. The number of aromatic nitrogens is 1. The molecular weight excluding hydrogens is 303 g/mol. The van der Waals surface area contributed by atoms with E-state index in [1.807, 2.05) is 32.0 Å². The van der Waals surface area contributed by atoms with Gasteiger partial charge in [0.1, 0.15) is 17.0 Å². The van der Waals surface area contributed by atoms with Gasteiger partial charge in [0.2, 0.25) is 0 Å². The Morgan fingerprint density at radius 1 is 1.10 bits per heavy atom. The summed E-state index contributed by atoms with van der Waals surface area (Å²) in [5, 5.41) is 10.1. The fourth-order valence-corrected chi connectivity index (χ4v) is 2.48. The normalized spacial score (nSPS) is 13.3. The molecule has 6 heteroatoms. The Labute approximate surface area is 125 Å². The van der Waals surface area contributed by atoms with Gasteiger partial charge in [0, 0.05) is 5.56 Å².